The van der Waals surface area contributed by atoms with Gasteiger partial charge >= 0.3 is 0 Å². The second-order valence-electron chi connectivity index (χ2n) is 6.12. The second kappa shape index (κ2) is 7.33. The largest absolute Gasteiger partial charge is 0.352 e. The maximum Gasteiger partial charge on any atom is 0.252 e. The SMILES string of the molecule is CCCNC(=O)c1cncc(-c2cnn3cc(-c4ccncc4)cnc23)c1. The van der Waals surface area contributed by atoms with Gasteiger partial charge in [-0.25, -0.2) is 9.50 Å². The minimum Gasteiger partial charge on any atom is -0.352 e. The number of carbonyl (C=O) groups excluding carboxylic acids is 1. The van der Waals surface area contributed by atoms with Crippen LogP contribution >= 0.6 is 0 Å². The van der Waals surface area contributed by atoms with Crippen LogP contribution in [0, 0.1) is 0 Å². The van der Waals surface area contributed by atoms with E-state index in [9.17, 15) is 4.79 Å². The lowest BCUT2D eigenvalue weighted by Crippen LogP contribution is -2.24. The Labute approximate surface area is 156 Å². The van der Waals surface area contributed by atoms with Crippen LogP contribution in [0.25, 0.3) is 27.9 Å². The van der Waals surface area contributed by atoms with Gasteiger partial charge in [-0.15, -0.1) is 0 Å². The van der Waals surface area contributed by atoms with Crippen LogP contribution in [0.4, 0.5) is 0 Å². The van der Waals surface area contributed by atoms with Crippen LogP contribution in [0.3, 0.4) is 0 Å². The summed E-state index contributed by atoms with van der Waals surface area (Å²) in [6.07, 6.45) is 13.1. The fraction of sp³-hybridized carbons (Fsp3) is 0.150. The van der Waals surface area contributed by atoms with Crippen molar-refractivity contribution in [2.75, 3.05) is 6.54 Å². The lowest BCUT2D eigenvalue weighted by Gasteiger charge is -2.05. The third-order valence-electron chi connectivity index (χ3n) is 4.22. The summed E-state index contributed by atoms with van der Waals surface area (Å²) >= 11 is 0. The highest BCUT2D eigenvalue weighted by Gasteiger charge is 2.12. The molecular formula is C20H18N6O. The number of nitrogens with zero attached hydrogens (tertiary/aromatic N) is 5. The molecule has 0 saturated heterocycles. The quantitative estimate of drug-likeness (QED) is 0.593. The summed E-state index contributed by atoms with van der Waals surface area (Å²) < 4.78 is 1.73. The van der Waals surface area contributed by atoms with Gasteiger partial charge < -0.3 is 5.32 Å². The average molecular weight is 358 g/mol. The number of fused-ring (bicyclic) bond motifs is 1. The minimum atomic E-state index is -0.129. The van der Waals surface area contributed by atoms with Gasteiger partial charge in [0, 0.05) is 60.4 Å². The first-order valence-electron chi connectivity index (χ1n) is 8.73. The second-order valence-corrected chi connectivity index (χ2v) is 6.12. The molecule has 0 fully saturated rings. The van der Waals surface area contributed by atoms with Gasteiger partial charge in [0.2, 0.25) is 0 Å². The molecule has 0 aliphatic heterocycles. The van der Waals surface area contributed by atoms with Crippen LogP contribution in [-0.2, 0) is 0 Å². The molecule has 0 spiro atoms. The molecule has 0 aromatic carbocycles. The maximum atomic E-state index is 12.2. The van der Waals surface area contributed by atoms with E-state index in [4.69, 9.17) is 0 Å². The van der Waals surface area contributed by atoms with Gasteiger partial charge in [-0.1, -0.05) is 6.92 Å². The summed E-state index contributed by atoms with van der Waals surface area (Å²) in [6, 6.07) is 5.67. The highest BCUT2D eigenvalue weighted by Crippen LogP contribution is 2.25. The van der Waals surface area contributed by atoms with Crippen LogP contribution in [0.2, 0.25) is 0 Å². The summed E-state index contributed by atoms with van der Waals surface area (Å²) in [7, 11) is 0. The zero-order valence-corrected chi connectivity index (χ0v) is 14.8. The minimum absolute atomic E-state index is 0.129. The Morgan fingerprint density at radius 3 is 2.70 bits per heavy atom. The van der Waals surface area contributed by atoms with Crippen molar-refractivity contribution >= 4 is 11.6 Å². The number of carbonyl (C=O) groups is 1. The molecule has 4 rings (SSSR count). The molecule has 0 aliphatic rings. The van der Waals surface area contributed by atoms with Gasteiger partial charge in [0.25, 0.3) is 5.91 Å². The monoisotopic (exact) mass is 358 g/mol. The summed E-state index contributed by atoms with van der Waals surface area (Å²) in [5.41, 5.74) is 4.83. The number of pyridine rings is 2. The molecule has 0 bridgehead atoms. The fourth-order valence-corrected chi connectivity index (χ4v) is 2.82. The lowest BCUT2D eigenvalue weighted by atomic mass is 10.1. The average Bonchev–Trinajstić information content (AvgIpc) is 3.16. The fourth-order valence-electron chi connectivity index (χ4n) is 2.82. The Bertz CT molecular complexity index is 1090. The number of aromatic nitrogens is 5. The Balaban J connectivity index is 1.70. The van der Waals surface area contributed by atoms with E-state index in [1.165, 1.54) is 0 Å². The zero-order valence-electron chi connectivity index (χ0n) is 14.8. The normalized spacial score (nSPS) is 10.9. The molecule has 4 heterocycles. The third kappa shape index (κ3) is 3.39. The zero-order chi connectivity index (χ0) is 18.6. The first-order chi connectivity index (χ1) is 13.3. The standard InChI is InChI=1S/C20H18N6O/c1-2-5-23-20(27)16-8-15(9-22-10-16)18-12-25-26-13-17(11-24-19(18)26)14-3-6-21-7-4-14/h3-4,6-13H,2,5H2,1H3,(H,23,27). The van der Waals surface area contributed by atoms with Crippen molar-refractivity contribution in [2.45, 2.75) is 13.3 Å². The molecule has 4 aromatic heterocycles. The lowest BCUT2D eigenvalue weighted by molar-refractivity contribution is 0.0953. The molecule has 0 unspecified atom stereocenters. The predicted molar refractivity (Wildman–Crippen MR) is 102 cm³/mol. The van der Waals surface area contributed by atoms with Gasteiger partial charge in [0.05, 0.1) is 11.8 Å². The smallest absolute Gasteiger partial charge is 0.252 e. The summed E-state index contributed by atoms with van der Waals surface area (Å²) in [6.45, 7) is 2.65. The van der Waals surface area contributed by atoms with Gasteiger partial charge in [-0.05, 0) is 30.2 Å². The molecule has 134 valence electrons. The van der Waals surface area contributed by atoms with Crippen molar-refractivity contribution in [3.63, 3.8) is 0 Å². The highest BCUT2D eigenvalue weighted by molar-refractivity contribution is 5.95. The molecule has 0 saturated carbocycles. The van der Waals surface area contributed by atoms with Gasteiger partial charge in [-0.2, -0.15) is 5.10 Å². The van der Waals surface area contributed by atoms with Crippen LogP contribution in [0.1, 0.15) is 23.7 Å². The van der Waals surface area contributed by atoms with Crippen LogP contribution < -0.4 is 5.32 Å². The van der Waals surface area contributed by atoms with E-state index < -0.39 is 0 Å². The van der Waals surface area contributed by atoms with Crippen molar-refractivity contribution in [1.82, 2.24) is 29.9 Å². The van der Waals surface area contributed by atoms with Crippen molar-refractivity contribution in [1.29, 1.82) is 0 Å². The topological polar surface area (TPSA) is 85.1 Å². The summed E-state index contributed by atoms with van der Waals surface area (Å²) in [5, 5.41) is 7.28. The van der Waals surface area contributed by atoms with E-state index >= 15 is 0 Å². The Kier molecular flexibility index (Phi) is 4.57. The van der Waals surface area contributed by atoms with Crippen LogP contribution in [-0.4, -0.2) is 37.0 Å². The highest BCUT2D eigenvalue weighted by atomic mass is 16.1. The Morgan fingerprint density at radius 1 is 1.04 bits per heavy atom. The number of hydrogen-bond acceptors (Lipinski definition) is 5. The molecule has 1 amide bonds. The molecule has 27 heavy (non-hydrogen) atoms. The van der Waals surface area contributed by atoms with E-state index in [0.29, 0.717) is 17.8 Å². The van der Waals surface area contributed by atoms with E-state index in [0.717, 1.165) is 28.7 Å². The van der Waals surface area contributed by atoms with E-state index in [1.807, 2.05) is 31.3 Å². The molecule has 7 nitrogen and oxygen atoms in total. The molecule has 0 atom stereocenters. The van der Waals surface area contributed by atoms with Crippen molar-refractivity contribution < 1.29 is 4.79 Å². The number of nitrogens with one attached hydrogen (secondary N) is 1. The molecular weight excluding hydrogens is 340 g/mol. The van der Waals surface area contributed by atoms with Gasteiger partial charge in [0.15, 0.2) is 5.65 Å². The van der Waals surface area contributed by atoms with Crippen molar-refractivity contribution in [3.05, 3.63) is 67.1 Å². The maximum absolute atomic E-state index is 12.2. The Morgan fingerprint density at radius 2 is 1.89 bits per heavy atom. The third-order valence-corrected chi connectivity index (χ3v) is 4.22. The van der Waals surface area contributed by atoms with Crippen LogP contribution in [0.5, 0.6) is 0 Å². The summed E-state index contributed by atoms with van der Waals surface area (Å²) in [5.74, 6) is -0.129. The summed E-state index contributed by atoms with van der Waals surface area (Å²) in [4.78, 5) is 25.0. The van der Waals surface area contributed by atoms with Crippen molar-refractivity contribution in [2.24, 2.45) is 0 Å². The molecule has 7 heteroatoms. The first-order valence-corrected chi connectivity index (χ1v) is 8.73. The van der Waals surface area contributed by atoms with Gasteiger partial charge in [-0.3, -0.25) is 14.8 Å². The van der Waals surface area contributed by atoms with Gasteiger partial charge in [0.1, 0.15) is 0 Å². The van der Waals surface area contributed by atoms with E-state index in [2.05, 4.69) is 25.4 Å². The molecule has 1 N–H and O–H groups in total. The predicted octanol–water partition coefficient (Wildman–Crippen LogP) is 2.99. The molecule has 4 aromatic rings. The molecule has 0 radical (unpaired) electrons. The first kappa shape index (κ1) is 16.8. The van der Waals surface area contributed by atoms with Crippen LogP contribution in [0.15, 0.2) is 61.6 Å². The van der Waals surface area contributed by atoms with Crippen molar-refractivity contribution in [3.8, 4) is 22.3 Å². The molecule has 0 aliphatic carbocycles. The Hall–Kier alpha value is -3.61. The number of amides is 1. The number of rotatable bonds is 5. The van der Waals surface area contributed by atoms with E-state index in [-0.39, 0.29) is 5.91 Å². The number of hydrogen-bond donors (Lipinski definition) is 1. The van der Waals surface area contributed by atoms with E-state index in [1.54, 1.807) is 41.7 Å².